The molecule has 0 amide bonds. The largest absolute Gasteiger partial charge is 0.488 e. The zero-order chi connectivity index (χ0) is 19.2. The van der Waals surface area contributed by atoms with Gasteiger partial charge >= 0.3 is 5.97 Å². The maximum absolute atomic E-state index is 12.5. The summed E-state index contributed by atoms with van der Waals surface area (Å²) in [5.41, 5.74) is 2.91. The lowest BCUT2D eigenvalue weighted by Crippen LogP contribution is -2.08. The monoisotopic (exact) mass is 369 g/mol. The fraction of sp³-hybridized carbons (Fsp3) is 0.0833. The Balaban J connectivity index is 1.57. The van der Waals surface area contributed by atoms with E-state index in [1.54, 1.807) is 6.07 Å². The van der Waals surface area contributed by atoms with E-state index in [1.807, 2.05) is 84.9 Å². The lowest BCUT2D eigenvalue weighted by molar-refractivity contribution is 0.0465. The van der Waals surface area contributed by atoms with Gasteiger partial charge in [-0.3, -0.25) is 0 Å². The SMILES string of the molecule is O=C(OCc1ccccc1)c1cc(OCc2ccccc2)c2ccccc2n1. The van der Waals surface area contributed by atoms with Gasteiger partial charge in [-0.2, -0.15) is 0 Å². The van der Waals surface area contributed by atoms with Gasteiger partial charge in [0.15, 0.2) is 5.69 Å². The van der Waals surface area contributed by atoms with Crippen molar-refractivity contribution in [2.45, 2.75) is 13.2 Å². The molecule has 0 spiro atoms. The van der Waals surface area contributed by atoms with Crippen LogP contribution in [-0.4, -0.2) is 11.0 Å². The summed E-state index contributed by atoms with van der Waals surface area (Å²) >= 11 is 0. The molecule has 0 atom stereocenters. The fourth-order valence-electron chi connectivity index (χ4n) is 2.90. The van der Waals surface area contributed by atoms with Gasteiger partial charge in [0.25, 0.3) is 0 Å². The maximum atomic E-state index is 12.5. The molecule has 138 valence electrons. The van der Waals surface area contributed by atoms with E-state index in [1.165, 1.54) is 0 Å². The number of benzene rings is 3. The van der Waals surface area contributed by atoms with E-state index in [2.05, 4.69) is 4.98 Å². The Morgan fingerprint density at radius 2 is 1.36 bits per heavy atom. The molecule has 0 aliphatic heterocycles. The molecule has 0 fully saturated rings. The average molecular weight is 369 g/mol. The summed E-state index contributed by atoms with van der Waals surface area (Å²) in [5.74, 6) is 0.139. The first-order valence-corrected chi connectivity index (χ1v) is 9.07. The summed E-state index contributed by atoms with van der Waals surface area (Å²) in [6.07, 6.45) is 0. The fourth-order valence-corrected chi connectivity index (χ4v) is 2.90. The number of aromatic nitrogens is 1. The van der Waals surface area contributed by atoms with Gasteiger partial charge in [-0.15, -0.1) is 0 Å². The number of para-hydroxylation sites is 1. The number of fused-ring (bicyclic) bond motifs is 1. The predicted octanol–water partition coefficient (Wildman–Crippen LogP) is 5.17. The smallest absolute Gasteiger partial charge is 0.357 e. The third-order valence-corrected chi connectivity index (χ3v) is 4.34. The van der Waals surface area contributed by atoms with Crippen LogP contribution in [0.5, 0.6) is 5.75 Å². The highest BCUT2D eigenvalue weighted by molar-refractivity contribution is 5.94. The molecule has 1 heterocycles. The Morgan fingerprint density at radius 3 is 2.07 bits per heavy atom. The van der Waals surface area contributed by atoms with Crippen molar-refractivity contribution in [1.82, 2.24) is 4.98 Å². The van der Waals surface area contributed by atoms with E-state index in [0.717, 1.165) is 16.5 Å². The molecule has 1 aromatic heterocycles. The van der Waals surface area contributed by atoms with E-state index in [0.29, 0.717) is 17.9 Å². The van der Waals surface area contributed by atoms with Crippen LogP contribution in [0.1, 0.15) is 21.6 Å². The highest BCUT2D eigenvalue weighted by Crippen LogP contribution is 2.26. The number of carbonyl (C=O) groups excluding carboxylic acids is 1. The third-order valence-electron chi connectivity index (χ3n) is 4.34. The summed E-state index contributed by atoms with van der Waals surface area (Å²) in [6.45, 7) is 0.613. The molecule has 4 nitrogen and oxygen atoms in total. The van der Waals surface area contributed by atoms with Crippen LogP contribution in [0.3, 0.4) is 0 Å². The molecule has 0 N–H and O–H groups in total. The number of hydrogen-bond acceptors (Lipinski definition) is 4. The molecule has 0 saturated carbocycles. The molecule has 3 aromatic carbocycles. The van der Waals surface area contributed by atoms with Crippen LogP contribution < -0.4 is 4.74 Å². The molecular formula is C24H19NO3. The number of esters is 1. The van der Waals surface area contributed by atoms with Gasteiger partial charge in [0.2, 0.25) is 0 Å². The van der Waals surface area contributed by atoms with Crippen LogP contribution in [0, 0.1) is 0 Å². The van der Waals surface area contributed by atoms with Gasteiger partial charge in [-0.1, -0.05) is 72.8 Å². The van der Waals surface area contributed by atoms with Crippen molar-refractivity contribution >= 4 is 16.9 Å². The second-order valence-electron chi connectivity index (χ2n) is 6.36. The second kappa shape index (κ2) is 8.35. The zero-order valence-electron chi connectivity index (χ0n) is 15.2. The van der Waals surface area contributed by atoms with Gasteiger partial charge in [-0.05, 0) is 23.3 Å². The number of rotatable bonds is 6. The topological polar surface area (TPSA) is 48.4 Å². The number of pyridine rings is 1. The Morgan fingerprint density at radius 1 is 0.750 bits per heavy atom. The van der Waals surface area contributed by atoms with E-state index in [9.17, 15) is 4.79 Å². The molecule has 0 unspecified atom stereocenters. The standard InChI is InChI=1S/C24H19NO3/c26-24(28-17-19-11-5-2-6-12-19)22-15-23(20-13-7-8-14-21(20)25-22)27-16-18-9-3-1-4-10-18/h1-15H,16-17H2. The van der Waals surface area contributed by atoms with Gasteiger partial charge in [0.05, 0.1) is 5.52 Å². The Bertz CT molecular complexity index is 1080. The summed E-state index contributed by atoms with van der Waals surface area (Å²) in [6, 6.07) is 28.7. The Labute approximate surface area is 163 Å². The molecule has 28 heavy (non-hydrogen) atoms. The van der Waals surface area contributed by atoms with E-state index >= 15 is 0 Å². The predicted molar refractivity (Wildman–Crippen MR) is 108 cm³/mol. The highest BCUT2D eigenvalue weighted by atomic mass is 16.5. The van der Waals surface area contributed by atoms with Crippen LogP contribution in [0.4, 0.5) is 0 Å². The van der Waals surface area contributed by atoms with Crippen LogP contribution in [0.2, 0.25) is 0 Å². The van der Waals surface area contributed by atoms with Crippen molar-refractivity contribution in [3.05, 3.63) is 108 Å². The molecule has 4 rings (SSSR count). The van der Waals surface area contributed by atoms with Crippen LogP contribution in [-0.2, 0) is 18.0 Å². The number of nitrogens with zero attached hydrogens (tertiary/aromatic N) is 1. The number of ether oxygens (including phenoxy) is 2. The minimum atomic E-state index is -0.473. The van der Waals surface area contributed by atoms with Gasteiger partial charge < -0.3 is 9.47 Å². The van der Waals surface area contributed by atoms with Gasteiger partial charge in [0.1, 0.15) is 19.0 Å². The Kier molecular flexibility index (Phi) is 5.29. The zero-order valence-corrected chi connectivity index (χ0v) is 15.2. The summed E-state index contributed by atoms with van der Waals surface area (Å²) < 4.78 is 11.4. The average Bonchev–Trinajstić information content (AvgIpc) is 2.77. The molecular weight excluding hydrogens is 350 g/mol. The first-order valence-electron chi connectivity index (χ1n) is 9.07. The molecule has 0 radical (unpaired) electrons. The van der Waals surface area contributed by atoms with Crippen molar-refractivity contribution in [2.24, 2.45) is 0 Å². The van der Waals surface area contributed by atoms with Gasteiger partial charge in [-0.25, -0.2) is 9.78 Å². The van der Waals surface area contributed by atoms with E-state index < -0.39 is 5.97 Å². The lowest BCUT2D eigenvalue weighted by Gasteiger charge is -2.11. The van der Waals surface area contributed by atoms with E-state index in [4.69, 9.17) is 9.47 Å². The van der Waals surface area contributed by atoms with Crippen molar-refractivity contribution in [2.75, 3.05) is 0 Å². The van der Waals surface area contributed by atoms with Crippen molar-refractivity contribution in [1.29, 1.82) is 0 Å². The molecule has 0 saturated heterocycles. The maximum Gasteiger partial charge on any atom is 0.357 e. The molecule has 0 aliphatic carbocycles. The van der Waals surface area contributed by atoms with Crippen LogP contribution >= 0.6 is 0 Å². The van der Waals surface area contributed by atoms with E-state index in [-0.39, 0.29) is 12.3 Å². The Hall–Kier alpha value is -3.66. The quantitative estimate of drug-likeness (QED) is 0.440. The lowest BCUT2D eigenvalue weighted by atomic mass is 10.1. The van der Waals surface area contributed by atoms with Gasteiger partial charge in [0, 0.05) is 11.5 Å². The van der Waals surface area contributed by atoms with Crippen molar-refractivity contribution in [3.63, 3.8) is 0 Å². The molecule has 4 aromatic rings. The van der Waals surface area contributed by atoms with Crippen LogP contribution in [0.15, 0.2) is 91.0 Å². The molecule has 0 aliphatic rings. The first-order chi connectivity index (χ1) is 13.8. The second-order valence-corrected chi connectivity index (χ2v) is 6.36. The van der Waals surface area contributed by atoms with Crippen LogP contribution in [0.25, 0.3) is 10.9 Å². The normalized spacial score (nSPS) is 10.6. The minimum Gasteiger partial charge on any atom is -0.488 e. The summed E-state index contributed by atoms with van der Waals surface area (Å²) in [5, 5.41) is 0.859. The number of carbonyl (C=O) groups is 1. The number of hydrogen-bond donors (Lipinski definition) is 0. The molecule has 0 bridgehead atoms. The van der Waals surface area contributed by atoms with Crippen molar-refractivity contribution in [3.8, 4) is 5.75 Å². The third kappa shape index (κ3) is 4.18. The minimum absolute atomic E-state index is 0.203. The summed E-state index contributed by atoms with van der Waals surface area (Å²) in [4.78, 5) is 17.0. The van der Waals surface area contributed by atoms with Crippen molar-refractivity contribution < 1.29 is 14.3 Å². The summed E-state index contributed by atoms with van der Waals surface area (Å²) in [7, 11) is 0. The molecule has 4 heteroatoms. The first kappa shape index (κ1) is 17.7. The highest BCUT2D eigenvalue weighted by Gasteiger charge is 2.14.